The van der Waals surface area contributed by atoms with Gasteiger partial charge in [0.15, 0.2) is 0 Å². The number of rotatable bonds is 7. The summed E-state index contributed by atoms with van der Waals surface area (Å²) in [4.78, 5) is 2.43. The van der Waals surface area contributed by atoms with Crippen LogP contribution in [-0.4, -0.2) is 0 Å². The summed E-state index contributed by atoms with van der Waals surface area (Å²) in [5, 5.41) is 4.72. The first-order valence-corrected chi connectivity index (χ1v) is 21.8. The summed E-state index contributed by atoms with van der Waals surface area (Å²) >= 11 is 0. The van der Waals surface area contributed by atoms with Crippen LogP contribution in [0.1, 0.15) is 25.0 Å². The molecule has 0 saturated heterocycles. The number of para-hydroxylation sites is 2. The minimum Gasteiger partial charge on any atom is -0.455 e. The summed E-state index contributed by atoms with van der Waals surface area (Å²) in [5.41, 5.74) is 19.7. The number of benzene rings is 10. The van der Waals surface area contributed by atoms with Crippen molar-refractivity contribution in [3.63, 3.8) is 0 Å². The summed E-state index contributed by atoms with van der Waals surface area (Å²) < 4.78 is 6.50. The molecule has 63 heavy (non-hydrogen) atoms. The Balaban J connectivity index is 1.04. The number of anilines is 3. The van der Waals surface area contributed by atoms with Crippen LogP contribution in [0.2, 0.25) is 0 Å². The fraction of sp³-hybridized carbons (Fsp3) is 0.0492. The third kappa shape index (κ3) is 6.02. The second-order valence-corrected chi connectivity index (χ2v) is 17.2. The van der Waals surface area contributed by atoms with Gasteiger partial charge < -0.3 is 9.32 Å². The zero-order chi connectivity index (χ0) is 42.1. The van der Waals surface area contributed by atoms with Crippen LogP contribution in [0.5, 0.6) is 0 Å². The minimum atomic E-state index is -0.117. The highest BCUT2D eigenvalue weighted by atomic mass is 16.3. The van der Waals surface area contributed by atoms with Gasteiger partial charge in [0.25, 0.3) is 0 Å². The van der Waals surface area contributed by atoms with Crippen molar-refractivity contribution in [2.24, 2.45) is 0 Å². The largest absolute Gasteiger partial charge is 0.455 e. The van der Waals surface area contributed by atoms with E-state index >= 15 is 0 Å². The van der Waals surface area contributed by atoms with Crippen LogP contribution in [0.3, 0.4) is 0 Å². The second kappa shape index (κ2) is 14.6. The predicted octanol–water partition coefficient (Wildman–Crippen LogP) is 17.2. The molecule has 0 spiro atoms. The first-order chi connectivity index (χ1) is 31.0. The Kier molecular flexibility index (Phi) is 8.55. The van der Waals surface area contributed by atoms with Gasteiger partial charge in [0.1, 0.15) is 11.2 Å². The summed E-state index contributed by atoms with van der Waals surface area (Å²) in [6.45, 7) is 4.73. The summed E-state index contributed by atoms with van der Waals surface area (Å²) in [6, 6.07) is 81.6. The van der Waals surface area contributed by atoms with E-state index in [0.29, 0.717) is 0 Å². The summed E-state index contributed by atoms with van der Waals surface area (Å²) in [6.07, 6.45) is 0. The molecule has 10 aromatic carbocycles. The molecule has 2 heteroatoms. The molecule has 0 amide bonds. The highest BCUT2D eigenvalue weighted by Crippen LogP contribution is 2.52. The average Bonchev–Trinajstić information content (AvgIpc) is 3.84. The Morgan fingerprint density at radius 1 is 0.365 bits per heavy atom. The van der Waals surface area contributed by atoms with Gasteiger partial charge in [0.2, 0.25) is 0 Å². The second-order valence-electron chi connectivity index (χ2n) is 17.2. The highest BCUT2D eigenvalue weighted by molar-refractivity contribution is 6.09. The molecule has 12 rings (SSSR count). The van der Waals surface area contributed by atoms with Crippen molar-refractivity contribution in [1.29, 1.82) is 0 Å². The molecule has 2 nitrogen and oxygen atoms in total. The average molecular weight is 806 g/mol. The molecule has 0 radical (unpaired) electrons. The Morgan fingerprint density at radius 3 is 1.71 bits per heavy atom. The van der Waals surface area contributed by atoms with E-state index in [1.54, 1.807) is 0 Å². The molecule has 0 bridgehead atoms. The normalized spacial score (nSPS) is 12.7. The van der Waals surface area contributed by atoms with E-state index in [1.165, 1.54) is 49.7 Å². The smallest absolute Gasteiger partial charge is 0.143 e. The molecule has 1 aliphatic carbocycles. The zero-order valence-electron chi connectivity index (χ0n) is 35.2. The molecule has 0 fully saturated rings. The van der Waals surface area contributed by atoms with Gasteiger partial charge in [-0.05, 0) is 103 Å². The molecule has 0 saturated carbocycles. The molecule has 298 valence electrons. The molecule has 0 unspecified atom stereocenters. The van der Waals surface area contributed by atoms with Crippen LogP contribution in [-0.2, 0) is 5.41 Å². The van der Waals surface area contributed by atoms with Crippen molar-refractivity contribution in [3.05, 3.63) is 236 Å². The standard InChI is InChI=1S/C61H43NO/c1-61(2)56-27-10-8-20-52(56)54-25-13-23-50(59(54)61)42-29-34-45(35-30-42)62(46-36-31-43(32-37-46)51-24-14-26-55-53-21-9-11-28-58(53)63-60(51)55)57-39-44(33-38-49(57)41-15-4-3-5-16-41)48-22-12-18-40-17-6-7-19-47(40)48/h3-39H,1-2H3. The van der Waals surface area contributed by atoms with Crippen LogP contribution >= 0.6 is 0 Å². The van der Waals surface area contributed by atoms with Crippen LogP contribution in [0.25, 0.3) is 88.3 Å². The maximum atomic E-state index is 6.50. The van der Waals surface area contributed by atoms with Crippen LogP contribution in [0.15, 0.2) is 229 Å². The van der Waals surface area contributed by atoms with E-state index in [1.807, 2.05) is 12.1 Å². The van der Waals surface area contributed by atoms with E-state index in [4.69, 9.17) is 4.42 Å². The number of fused-ring (bicyclic) bond motifs is 7. The quantitative estimate of drug-likeness (QED) is 0.160. The zero-order valence-corrected chi connectivity index (χ0v) is 35.2. The van der Waals surface area contributed by atoms with Crippen molar-refractivity contribution in [3.8, 4) is 55.6 Å². The van der Waals surface area contributed by atoms with Crippen molar-refractivity contribution < 1.29 is 4.42 Å². The number of furan rings is 1. The summed E-state index contributed by atoms with van der Waals surface area (Å²) in [5.74, 6) is 0. The van der Waals surface area contributed by atoms with Gasteiger partial charge in [0.05, 0.1) is 5.69 Å². The van der Waals surface area contributed by atoms with Crippen molar-refractivity contribution in [1.82, 2.24) is 0 Å². The van der Waals surface area contributed by atoms with Crippen molar-refractivity contribution in [2.75, 3.05) is 4.90 Å². The van der Waals surface area contributed by atoms with E-state index in [2.05, 4.69) is 231 Å². The maximum Gasteiger partial charge on any atom is 0.143 e. The van der Waals surface area contributed by atoms with Crippen molar-refractivity contribution in [2.45, 2.75) is 19.3 Å². The van der Waals surface area contributed by atoms with Gasteiger partial charge in [-0.25, -0.2) is 0 Å². The molecule has 0 atom stereocenters. The number of hydrogen-bond donors (Lipinski definition) is 0. The van der Waals surface area contributed by atoms with Gasteiger partial charge >= 0.3 is 0 Å². The SMILES string of the molecule is CC1(C)c2ccccc2-c2cccc(-c3ccc(N(c4ccc(-c5cccc6c5oc5ccccc56)cc4)c4cc(-c5cccc6ccccc56)ccc4-c4ccccc4)cc3)c21. The van der Waals surface area contributed by atoms with E-state index in [9.17, 15) is 0 Å². The number of hydrogen-bond acceptors (Lipinski definition) is 2. The lowest BCUT2D eigenvalue weighted by Crippen LogP contribution is -2.16. The van der Waals surface area contributed by atoms with Crippen LogP contribution < -0.4 is 4.90 Å². The highest BCUT2D eigenvalue weighted by Gasteiger charge is 2.37. The minimum absolute atomic E-state index is 0.117. The molecule has 1 aliphatic rings. The first-order valence-electron chi connectivity index (χ1n) is 21.8. The lowest BCUT2D eigenvalue weighted by atomic mass is 9.79. The van der Waals surface area contributed by atoms with Gasteiger partial charge in [-0.1, -0.05) is 202 Å². The van der Waals surface area contributed by atoms with Gasteiger partial charge in [-0.2, -0.15) is 0 Å². The molecule has 1 heterocycles. The molecule has 11 aromatic rings. The molecule has 0 aliphatic heterocycles. The summed E-state index contributed by atoms with van der Waals surface area (Å²) in [7, 11) is 0. The topological polar surface area (TPSA) is 16.4 Å². The molecular formula is C61H43NO. The van der Waals surface area contributed by atoms with E-state index in [0.717, 1.165) is 66.8 Å². The predicted molar refractivity (Wildman–Crippen MR) is 265 cm³/mol. The van der Waals surface area contributed by atoms with E-state index in [-0.39, 0.29) is 5.41 Å². The fourth-order valence-electron chi connectivity index (χ4n) is 10.3. The molecular weight excluding hydrogens is 763 g/mol. The Bertz CT molecular complexity index is 3520. The van der Waals surface area contributed by atoms with Crippen LogP contribution in [0.4, 0.5) is 17.1 Å². The lowest BCUT2D eigenvalue weighted by molar-refractivity contribution is 0.662. The van der Waals surface area contributed by atoms with Gasteiger partial charge in [0, 0.05) is 38.7 Å². The third-order valence-electron chi connectivity index (χ3n) is 13.3. The monoisotopic (exact) mass is 805 g/mol. The van der Waals surface area contributed by atoms with Gasteiger partial charge in [-0.3, -0.25) is 0 Å². The first kappa shape index (κ1) is 36.9. The third-order valence-corrected chi connectivity index (χ3v) is 13.3. The van der Waals surface area contributed by atoms with E-state index < -0.39 is 0 Å². The lowest BCUT2D eigenvalue weighted by Gasteiger charge is -2.29. The van der Waals surface area contributed by atoms with Crippen molar-refractivity contribution >= 4 is 49.8 Å². The number of nitrogens with zero attached hydrogens (tertiary/aromatic N) is 1. The maximum absolute atomic E-state index is 6.50. The Hall–Kier alpha value is -7.94. The fourth-order valence-corrected chi connectivity index (χ4v) is 10.3. The van der Waals surface area contributed by atoms with Gasteiger partial charge in [-0.15, -0.1) is 0 Å². The molecule has 1 aromatic heterocycles. The van der Waals surface area contributed by atoms with Crippen LogP contribution in [0, 0.1) is 0 Å². The Morgan fingerprint density at radius 2 is 0.905 bits per heavy atom. The Labute approximate surface area is 368 Å². The molecule has 0 N–H and O–H groups in total.